The molecule has 2 atom stereocenters. The van der Waals surface area contributed by atoms with Crippen LogP contribution in [-0.2, 0) is 27.2 Å². The number of aryl methyl sites for hydroxylation is 2. The minimum Gasteiger partial charge on any atom is -0.455 e. The van der Waals surface area contributed by atoms with Gasteiger partial charge in [0, 0.05) is 5.69 Å². The lowest BCUT2D eigenvalue weighted by Crippen LogP contribution is -2.23. The topological polar surface area (TPSA) is 55.4 Å². The molecule has 1 saturated carbocycles. The highest BCUT2D eigenvalue weighted by molar-refractivity contribution is 5.94. The fourth-order valence-corrected chi connectivity index (χ4v) is 2.47. The van der Waals surface area contributed by atoms with E-state index >= 15 is 0 Å². The highest BCUT2D eigenvalue weighted by atomic mass is 16.5. The number of rotatable bonds is 6. The summed E-state index contributed by atoms with van der Waals surface area (Å²) in [4.78, 5) is 23.6. The van der Waals surface area contributed by atoms with Crippen LogP contribution in [0.5, 0.6) is 0 Å². The lowest BCUT2D eigenvalue weighted by molar-refractivity contribution is -0.148. The molecule has 0 bridgehead atoms. The maximum absolute atomic E-state index is 12.0. The molecule has 114 valence electrons. The van der Waals surface area contributed by atoms with Crippen molar-refractivity contribution in [2.45, 2.75) is 40.0 Å². The van der Waals surface area contributed by atoms with E-state index < -0.39 is 0 Å². The maximum atomic E-state index is 12.0. The second-order valence-electron chi connectivity index (χ2n) is 5.63. The molecule has 0 spiro atoms. The quantitative estimate of drug-likeness (QED) is 0.819. The summed E-state index contributed by atoms with van der Waals surface area (Å²) < 4.78 is 5.07. The van der Waals surface area contributed by atoms with Gasteiger partial charge in [0.25, 0.3) is 5.91 Å². The first-order valence-electron chi connectivity index (χ1n) is 7.64. The van der Waals surface area contributed by atoms with E-state index in [1.807, 2.05) is 25.1 Å². The number of benzene rings is 1. The molecule has 1 N–H and O–H groups in total. The van der Waals surface area contributed by atoms with Gasteiger partial charge in [0.1, 0.15) is 0 Å². The summed E-state index contributed by atoms with van der Waals surface area (Å²) >= 11 is 0. The van der Waals surface area contributed by atoms with E-state index in [4.69, 9.17) is 4.74 Å². The summed E-state index contributed by atoms with van der Waals surface area (Å²) in [7, 11) is 0. The number of para-hydroxylation sites is 1. The Morgan fingerprint density at radius 2 is 1.81 bits per heavy atom. The third-order valence-electron chi connectivity index (χ3n) is 4.02. The third kappa shape index (κ3) is 3.84. The van der Waals surface area contributed by atoms with Crippen molar-refractivity contribution in [1.82, 2.24) is 0 Å². The Morgan fingerprint density at radius 1 is 1.24 bits per heavy atom. The molecule has 0 radical (unpaired) electrons. The highest BCUT2D eigenvalue weighted by Gasteiger charge is 2.40. The van der Waals surface area contributed by atoms with Gasteiger partial charge in [-0.15, -0.1) is 0 Å². The lowest BCUT2D eigenvalue weighted by atomic mass is 10.0. The summed E-state index contributed by atoms with van der Waals surface area (Å²) in [5, 5.41) is 2.89. The van der Waals surface area contributed by atoms with Crippen LogP contribution in [0.2, 0.25) is 0 Å². The Kier molecular flexibility index (Phi) is 4.99. The second kappa shape index (κ2) is 6.74. The first kappa shape index (κ1) is 15.5. The van der Waals surface area contributed by atoms with Crippen molar-refractivity contribution in [3.8, 4) is 0 Å². The molecule has 21 heavy (non-hydrogen) atoms. The minimum atomic E-state index is -0.271. The van der Waals surface area contributed by atoms with E-state index in [1.165, 1.54) is 0 Å². The van der Waals surface area contributed by atoms with Crippen LogP contribution >= 0.6 is 0 Å². The molecule has 1 fully saturated rings. The van der Waals surface area contributed by atoms with Crippen LogP contribution in [0.15, 0.2) is 18.2 Å². The molecular weight excluding hydrogens is 266 g/mol. The monoisotopic (exact) mass is 289 g/mol. The van der Waals surface area contributed by atoms with E-state index in [9.17, 15) is 9.59 Å². The standard InChI is InChI=1S/C17H23NO3/c1-4-12-7-6-8-13(5-2)16(12)18-15(19)10-21-17(20)14-9-11(14)3/h6-8,11,14H,4-5,9-10H2,1-3H3,(H,18,19)/t11-,14-/m0/s1. The maximum Gasteiger partial charge on any atom is 0.309 e. The Labute approximate surface area is 125 Å². The number of hydrogen-bond donors (Lipinski definition) is 1. The van der Waals surface area contributed by atoms with Gasteiger partial charge >= 0.3 is 5.97 Å². The molecule has 1 aliphatic rings. The van der Waals surface area contributed by atoms with Crippen LogP contribution in [-0.4, -0.2) is 18.5 Å². The highest BCUT2D eigenvalue weighted by Crippen LogP contribution is 2.38. The smallest absolute Gasteiger partial charge is 0.309 e. The SMILES string of the molecule is CCc1cccc(CC)c1NC(=O)COC(=O)[C@H]1C[C@@H]1C. The van der Waals surface area contributed by atoms with Crippen molar-refractivity contribution < 1.29 is 14.3 Å². The van der Waals surface area contributed by atoms with Gasteiger partial charge in [0.15, 0.2) is 6.61 Å². The van der Waals surface area contributed by atoms with Gasteiger partial charge in [0.05, 0.1) is 5.92 Å². The number of esters is 1. The Hall–Kier alpha value is -1.84. The number of nitrogens with one attached hydrogen (secondary N) is 1. The molecule has 1 amide bonds. The molecule has 4 heteroatoms. The molecule has 1 aromatic carbocycles. The van der Waals surface area contributed by atoms with Gasteiger partial charge in [-0.1, -0.05) is 39.0 Å². The number of carbonyl (C=O) groups excluding carboxylic acids is 2. The number of ether oxygens (including phenoxy) is 1. The molecule has 0 unspecified atom stereocenters. The van der Waals surface area contributed by atoms with E-state index in [1.54, 1.807) is 0 Å². The number of hydrogen-bond acceptors (Lipinski definition) is 3. The largest absolute Gasteiger partial charge is 0.455 e. The number of amides is 1. The van der Waals surface area contributed by atoms with E-state index in [0.717, 1.165) is 36.1 Å². The van der Waals surface area contributed by atoms with Gasteiger partial charge in [-0.05, 0) is 36.3 Å². The van der Waals surface area contributed by atoms with E-state index in [0.29, 0.717) is 5.92 Å². The summed E-state index contributed by atoms with van der Waals surface area (Å²) in [6.07, 6.45) is 2.57. The molecule has 2 rings (SSSR count). The van der Waals surface area contributed by atoms with Crippen molar-refractivity contribution in [1.29, 1.82) is 0 Å². The average Bonchev–Trinajstić information content (AvgIpc) is 3.22. The lowest BCUT2D eigenvalue weighted by Gasteiger charge is -2.14. The van der Waals surface area contributed by atoms with Crippen LogP contribution in [0.3, 0.4) is 0 Å². The first-order chi connectivity index (χ1) is 10.1. The number of carbonyl (C=O) groups is 2. The summed E-state index contributed by atoms with van der Waals surface area (Å²) in [5.74, 6) is -0.135. The normalized spacial score (nSPS) is 20.0. The molecular formula is C17H23NO3. The predicted molar refractivity (Wildman–Crippen MR) is 82.1 cm³/mol. The van der Waals surface area contributed by atoms with Crippen molar-refractivity contribution >= 4 is 17.6 Å². The molecule has 4 nitrogen and oxygen atoms in total. The summed E-state index contributed by atoms with van der Waals surface area (Å²) in [6.45, 7) is 5.91. The zero-order valence-corrected chi connectivity index (χ0v) is 12.9. The minimum absolute atomic E-state index is 0.00747. The molecule has 0 heterocycles. The average molecular weight is 289 g/mol. The summed E-state index contributed by atoms with van der Waals surface area (Å²) in [6, 6.07) is 6.02. The van der Waals surface area contributed by atoms with Crippen molar-refractivity contribution in [2.75, 3.05) is 11.9 Å². The van der Waals surface area contributed by atoms with Crippen LogP contribution in [0.1, 0.15) is 38.3 Å². The molecule has 1 aromatic rings. The van der Waals surface area contributed by atoms with Gasteiger partial charge in [-0.2, -0.15) is 0 Å². The van der Waals surface area contributed by atoms with Gasteiger partial charge in [-0.25, -0.2) is 0 Å². The van der Waals surface area contributed by atoms with Crippen LogP contribution in [0, 0.1) is 11.8 Å². The Bertz CT molecular complexity index is 517. The Balaban J connectivity index is 1.94. The predicted octanol–water partition coefficient (Wildman–Crippen LogP) is 2.95. The van der Waals surface area contributed by atoms with Crippen molar-refractivity contribution in [3.63, 3.8) is 0 Å². The van der Waals surface area contributed by atoms with Gasteiger partial charge in [0.2, 0.25) is 0 Å². The fraction of sp³-hybridized carbons (Fsp3) is 0.529. The van der Waals surface area contributed by atoms with E-state index in [-0.39, 0.29) is 24.4 Å². The first-order valence-corrected chi connectivity index (χ1v) is 7.64. The van der Waals surface area contributed by atoms with E-state index in [2.05, 4.69) is 19.2 Å². The fourth-order valence-electron chi connectivity index (χ4n) is 2.47. The van der Waals surface area contributed by atoms with Gasteiger partial charge < -0.3 is 10.1 Å². The number of anilines is 1. The van der Waals surface area contributed by atoms with Crippen molar-refractivity contribution in [3.05, 3.63) is 29.3 Å². The van der Waals surface area contributed by atoms with Crippen LogP contribution < -0.4 is 5.32 Å². The Morgan fingerprint density at radius 3 is 2.29 bits per heavy atom. The molecule has 0 saturated heterocycles. The van der Waals surface area contributed by atoms with Crippen molar-refractivity contribution in [2.24, 2.45) is 11.8 Å². The van der Waals surface area contributed by atoms with Crippen LogP contribution in [0.4, 0.5) is 5.69 Å². The third-order valence-corrected chi connectivity index (χ3v) is 4.02. The summed E-state index contributed by atoms with van der Waals surface area (Å²) in [5.41, 5.74) is 3.07. The molecule has 1 aliphatic carbocycles. The zero-order chi connectivity index (χ0) is 15.4. The molecule has 0 aliphatic heterocycles. The van der Waals surface area contributed by atoms with Crippen LogP contribution in [0.25, 0.3) is 0 Å². The zero-order valence-electron chi connectivity index (χ0n) is 12.9. The van der Waals surface area contributed by atoms with Gasteiger partial charge in [-0.3, -0.25) is 9.59 Å². The second-order valence-corrected chi connectivity index (χ2v) is 5.63. The molecule has 0 aromatic heterocycles.